The van der Waals surface area contributed by atoms with Crippen molar-refractivity contribution in [2.45, 2.75) is 6.54 Å². The number of nitrogens with zero attached hydrogens (tertiary/aromatic N) is 2. The smallest absolute Gasteiger partial charge is 0.336 e. The summed E-state index contributed by atoms with van der Waals surface area (Å²) in [7, 11) is 0. The fraction of sp³-hybridized carbons (Fsp3) is 0.611. The van der Waals surface area contributed by atoms with Gasteiger partial charge in [-0.25, -0.2) is 4.79 Å². The summed E-state index contributed by atoms with van der Waals surface area (Å²) in [6.45, 7) is 6.98. The van der Waals surface area contributed by atoms with E-state index in [1.807, 2.05) is 12.1 Å². The van der Waals surface area contributed by atoms with Crippen molar-refractivity contribution in [2.24, 2.45) is 11.8 Å². The van der Waals surface area contributed by atoms with E-state index in [1.54, 1.807) is 12.1 Å². The van der Waals surface area contributed by atoms with Gasteiger partial charge < -0.3 is 14.9 Å². The molecule has 132 valence electrons. The summed E-state index contributed by atoms with van der Waals surface area (Å²) in [6, 6.07) is 7.18. The van der Waals surface area contributed by atoms with Crippen molar-refractivity contribution in [2.75, 3.05) is 52.5 Å². The van der Waals surface area contributed by atoms with Crippen LogP contribution in [0.4, 0.5) is 0 Å². The zero-order valence-corrected chi connectivity index (χ0v) is 13.9. The molecule has 2 aliphatic heterocycles. The molecule has 24 heavy (non-hydrogen) atoms. The third-order valence-corrected chi connectivity index (χ3v) is 5.12. The summed E-state index contributed by atoms with van der Waals surface area (Å²) in [5.41, 5.74) is 1.21. The Morgan fingerprint density at radius 3 is 2.54 bits per heavy atom. The number of aliphatic hydroxyl groups is 1. The van der Waals surface area contributed by atoms with Gasteiger partial charge in [-0.15, -0.1) is 0 Å². The van der Waals surface area contributed by atoms with Crippen LogP contribution >= 0.6 is 0 Å². The van der Waals surface area contributed by atoms with Gasteiger partial charge >= 0.3 is 5.97 Å². The van der Waals surface area contributed by atoms with Gasteiger partial charge in [-0.1, -0.05) is 18.2 Å². The molecule has 0 bridgehead atoms. The van der Waals surface area contributed by atoms with Crippen molar-refractivity contribution in [3.05, 3.63) is 35.4 Å². The molecule has 0 aliphatic carbocycles. The quantitative estimate of drug-likeness (QED) is 0.800. The van der Waals surface area contributed by atoms with Gasteiger partial charge in [-0.05, 0) is 23.5 Å². The molecular weight excluding hydrogens is 308 g/mol. The van der Waals surface area contributed by atoms with Gasteiger partial charge in [0.1, 0.15) is 0 Å². The molecule has 0 saturated carbocycles. The minimum absolute atomic E-state index is 0.187. The zero-order chi connectivity index (χ0) is 16.9. The molecule has 0 radical (unpaired) electrons. The van der Waals surface area contributed by atoms with Crippen LogP contribution in [0.2, 0.25) is 0 Å². The third-order valence-electron chi connectivity index (χ3n) is 5.12. The van der Waals surface area contributed by atoms with Crippen LogP contribution in [0.15, 0.2) is 24.3 Å². The van der Waals surface area contributed by atoms with Crippen molar-refractivity contribution in [1.29, 1.82) is 0 Å². The van der Waals surface area contributed by atoms with Crippen molar-refractivity contribution in [1.82, 2.24) is 9.80 Å². The number of morpholine rings is 1. The van der Waals surface area contributed by atoms with Crippen LogP contribution in [0.25, 0.3) is 0 Å². The van der Waals surface area contributed by atoms with E-state index in [-0.39, 0.29) is 12.5 Å². The van der Waals surface area contributed by atoms with Gasteiger partial charge in [0.25, 0.3) is 0 Å². The average molecular weight is 334 g/mol. The van der Waals surface area contributed by atoms with E-state index in [0.29, 0.717) is 18.0 Å². The molecular formula is C18H26N2O4. The molecule has 2 heterocycles. The van der Waals surface area contributed by atoms with Gasteiger partial charge in [-0.2, -0.15) is 0 Å². The molecule has 0 amide bonds. The lowest BCUT2D eigenvalue weighted by Gasteiger charge is -2.30. The SMILES string of the molecule is O=C(O)c1ccccc1CN1C[C@@H](CN2CCOCC2)[C@@H](CO)C1. The second kappa shape index (κ2) is 8.07. The Balaban J connectivity index is 1.62. The summed E-state index contributed by atoms with van der Waals surface area (Å²) >= 11 is 0. The Morgan fingerprint density at radius 2 is 1.83 bits per heavy atom. The van der Waals surface area contributed by atoms with Crippen LogP contribution in [0, 0.1) is 11.8 Å². The van der Waals surface area contributed by atoms with E-state index in [0.717, 1.165) is 51.5 Å². The maximum absolute atomic E-state index is 11.4. The van der Waals surface area contributed by atoms with Gasteiger partial charge in [0, 0.05) is 45.9 Å². The molecule has 2 atom stereocenters. The van der Waals surface area contributed by atoms with E-state index in [9.17, 15) is 15.0 Å². The number of hydrogen-bond acceptors (Lipinski definition) is 5. The first-order valence-corrected chi connectivity index (χ1v) is 8.62. The highest BCUT2D eigenvalue weighted by Gasteiger charge is 2.34. The second-order valence-corrected chi connectivity index (χ2v) is 6.77. The number of rotatable bonds is 6. The molecule has 0 unspecified atom stereocenters. The fourth-order valence-electron chi connectivity index (χ4n) is 3.80. The molecule has 0 aromatic heterocycles. The zero-order valence-electron chi connectivity index (χ0n) is 13.9. The first-order valence-electron chi connectivity index (χ1n) is 8.62. The summed E-state index contributed by atoms with van der Waals surface area (Å²) in [5.74, 6) is -0.205. The Morgan fingerprint density at radius 1 is 1.12 bits per heavy atom. The van der Waals surface area contributed by atoms with E-state index >= 15 is 0 Å². The molecule has 2 saturated heterocycles. The highest BCUT2D eigenvalue weighted by Crippen LogP contribution is 2.26. The first kappa shape index (κ1) is 17.4. The lowest BCUT2D eigenvalue weighted by Crippen LogP contribution is -2.41. The number of benzene rings is 1. The maximum Gasteiger partial charge on any atom is 0.336 e. The van der Waals surface area contributed by atoms with Crippen molar-refractivity contribution in [3.8, 4) is 0 Å². The number of carboxylic acid groups (broad SMARTS) is 1. The molecule has 0 spiro atoms. The summed E-state index contributed by atoms with van der Waals surface area (Å²) in [4.78, 5) is 16.0. The Hall–Kier alpha value is -1.47. The van der Waals surface area contributed by atoms with Crippen LogP contribution in [-0.4, -0.2) is 78.5 Å². The molecule has 2 aliphatic rings. The van der Waals surface area contributed by atoms with Gasteiger partial charge in [0.05, 0.1) is 18.8 Å². The van der Waals surface area contributed by atoms with Crippen LogP contribution in [0.5, 0.6) is 0 Å². The van der Waals surface area contributed by atoms with E-state index in [4.69, 9.17) is 4.74 Å². The monoisotopic (exact) mass is 334 g/mol. The lowest BCUT2D eigenvalue weighted by atomic mass is 9.96. The van der Waals surface area contributed by atoms with Crippen LogP contribution in [0.1, 0.15) is 15.9 Å². The number of aromatic carboxylic acids is 1. The Labute approximate surface area is 142 Å². The second-order valence-electron chi connectivity index (χ2n) is 6.77. The first-order chi connectivity index (χ1) is 11.7. The molecule has 1 aromatic carbocycles. The molecule has 3 rings (SSSR count). The Bertz CT molecular complexity index is 560. The number of carboxylic acids is 1. The van der Waals surface area contributed by atoms with Crippen LogP contribution in [-0.2, 0) is 11.3 Å². The largest absolute Gasteiger partial charge is 0.478 e. The van der Waals surface area contributed by atoms with Crippen LogP contribution in [0.3, 0.4) is 0 Å². The predicted octanol–water partition coefficient (Wildman–Crippen LogP) is 0.757. The topological polar surface area (TPSA) is 73.2 Å². The third kappa shape index (κ3) is 4.13. The highest BCUT2D eigenvalue weighted by atomic mass is 16.5. The minimum Gasteiger partial charge on any atom is -0.478 e. The summed E-state index contributed by atoms with van der Waals surface area (Å²) < 4.78 is 5.40. The lowest BCUT2D eigenvalue weighted by molar-refractivity contribution is 0.0264. The van der Waals surface area contributed by atoms with Gasteiger partial charge in [-0.3, -0.25) is 9.80 Å². The Kier molecular flexibility index (Phi) is 5.84. The number of hydrogen-bond donors (Lipinski definition) is 2. The van der Waals surface area contributed by atoms with Crippen LogP contribution < -0.4 is 0 Å². The number of aliphatic hydroxyl groups excluding tert-OH is 1. The van der Waals surface area contributed by atoms with Crippen molar-refractivity contribution < 1.29 is 19.7 Å². The van der Waals surface area contributed by atoms with E-state index < -0.39 is 5.97 Å². The number of carbonyl (C=O) groups is 1. The minimum atomic E-state index is -0.881. The molecule has 1 aromatic rings. The highest BCUT2D eigenvalue weighted by molar-refractivity contribution is 5.89. The summed E-state index contributed by atoms with van der Waals surface area (Å²) in [5, 5.41) is 19.1. The molecule has 2 N–H and O–H groups in total. The molecule has 6 nitrogen and oxygen atoms in total. The molecule has 2 fully saturated rings. The fourth-order valence-corrected chi connectivity index (χ4v) is 3.80. The van der Waals surface area contributed by atoms with Crippen molar-refractivity contribution in [3.63, 3.8) is 0 Å². The predicted molar refractivity (Wildman–Crippen MR) is 90.0 cm³/mol. The standard InChI is InChI=1S/C18H26N2O4/c21-13-16-12-20(9-14-3-1-2-4-17(14)18(22)23)11-15(16)10-19-5-7-24-8-6-19/h1-4,15-16,21H,5-13H2,(H,22,23)/t15-,16-/m1/s1. The van der Waals surface area contributed by atoms with Gasteiger partial charge in [0.2, 0.25) is 0 Å². The number of ether oxygens (including phenoxy) is 1. The normalized spacial score (nSPS) is 25.9. The van der Waals surface area contributed by atoms with Gasteiger partial charge in [0.15, 0.2) is 0 Å². The van der Waals surface area contributed by atoms with Crippen molar-refractivity contribution >= 4 is 5.97 Å². The van der Waals surface area contributed by atoms with E-state index in [2.05, 4.69) is 9.80 Å². The maximum atomic E-state index is 11.4. The average Bonchev–Trinajstić information content (AvgIpc) is 2.97. The van der Waals surface area contributed by atoms with E-state index in [1.165, 1.54) is 0 Å². The molecule has 6 heteroatoms. The number of likely N-dealkylation sites (tertiary alicyclic amines) is 1. The summed E-state index contributed by atoms with van der Waals surface area (Å²) in [6.07, 6.45) is 0.